The average molecular weight is 247 g/mol. The van der Waals surface area contributed by atoms with E-state index in [0.717, 1.165) is 32.3 Å². The zero-order valence-corrected chi connectivity index (χ0v) is 10.7. The van der Waals surface area contributed by atoms with Crippen LogP contribution in [0.2, 0.25) is 0 Å². The van der Waals surface area contributed by atoms with Crippen LogP contribution in [0.5, 0.6) is 0 Å². The van der Waals surface area contributed by atoms with E-state index in [1.54, 1.807) is 7.11 Å². The first-order valence-electron chi connectivity index (χ1n) is 6.28. The van der Waals surface area contributed by atoms with Crippen LogP contribution in [0.25, 0.3) is 0 Å². The normalized spacial score (nSPS) is 28.8. The van der Waals surface area contributed by atoms with Crippen LogP contribution >= 0.6 is 0 Å². The Hall–Kier alpha value is -0.200. The zero-order valence-electron chi connectivity index (χ0n) is 10.7. The molecule has 0 heterocycles. The van der Waals surface area contributed by atoms with Gasteiger partial charge >= 0.3 is 0 Å². The Labute approximate surface area is 103 Å². The molecule has 2 atom stereocenters. The largest absolute Gasteiger partial charge is 0.394 e. The van der Waals surface area contributed by atoms with E-state index < -0.39 is 5.54 Å². The number of hydrogen-bond donors (Lipinski definition) is 2. The van der Waals surface area contributed by atoms with Gasteiger partial charge < -0.3 is 25.1 Å². The number of hydrogen-bond acceptors (Lipinski definition) is 5. The number of aliphatic hydroxyl groups excluding tert-OH is 1. The van der Waals surface area contributed by atoms with Gasteiger partial charge in [-0.15, -0.1) is 0 Å². The van der Waals surface area contributed by atoms with Crippen molar-refractivity contribution in [1.82, 2.24) is 0 Å². The van der Waals surface area contributed by atoms with Crippen LogP contribution in [0.4, 0.5) is 0 Å². The fourth-order valence-corrected chi connectivity index (χ4v) is 2.07. The fourth-order valence-electron chi connectivity index (χ4n) is 2.07. The molecule has 0 aromatic heterocycles. The van der Waals surface area contributed by atoms with E-state index >= 15 is 0 Å². The number of rotatable bonds is 9. The summed E-state index contributed by atoms with van der Waals surface area (Å²) < 4.78 is 16.0. The molecular formula is C12H25NO4. The molecule has 5 heteroatoms. The van der Waals surface area contributed by atoms with Crippen molar-refractivity contribution in [2.75, 3.05) is 40.1 Å². The van der Waals surface area contributed by atoms with Crippen LogP contribution in [0, 0.1) is 0 Å². The fraction of sp³-hybridized carbons (Fsp3) is 1.00. The van der Waals surface area contributed by atoms with Crippen molar-refractivity contribution in [2.24, 2.45) is 5.73 Å². The van der Waals surface area contributed by atoms with E-state index in [0.29, 0.717) is 19.8 Å². The number of aliphatic hydroxyl groups is 1. The highest BCUT2D eigenvalue weighted by Crippen LogP contribution is 2.29. The van der Waals surface area contributed by atoms with Gasteiger partial charge in [-0.2, -0.15) is 0 Å². The molecule has 0 spiro atoms. The lowest BCUT2D eigenvalue weighted by Crippen LogP contribution is -2.41. The third-order valence-corrected chi connectivity index (χ3v) is 3.13. The molecule has 0 aliphatic heterocycles. The summed E-state index contributed by atoms with van der Waals surface area (Å²) in [4.78, 5) is 0. The predicted molar refractivity (Wildman–Crippen MR) is 64.9 cm³/mol. The minimum Gasteiger partial charge on any atom is -0.394 e. The highest BCUT2D eigenvalue weighted by Gasteiger charge is 2.35. The van der Waals surface area contributed by atoms with E-state index in [9.17, 15) is 0 Å². The minimum atomic E-state index is -0.427. The minimum absolute atomic E-state index is 0.0420. The van der Waals surface area contributed by atoms with E-state index in [-0.39, 0.29) is 12.7 Å². The van der Waals surface area contributed by atoms with Gasteiger partial charge in [0.05, 0.1) is 25.9 Å². The van der Waals surface area contributed by atoms with Crippen LogP contribution in [-0.4, -0.2) is 56.9 Å². The molecule has 3 N–H and O–H groups in total. The standard InChI is InChI=1S/C12H25NO4/c1-15-5-2-6-16-7-8-17-11-3-4-12(13,9-11)10-14/h11,14H,2-10,13H2,1H3. The van der Waals surface area contributed by atoms with Gasteiger partial charge in [-0.3, -0.25) is 0 Å². The second-order valence-electron chi connectivity index (χ2n) is 4.71. The second kappa shape index (κ2) is 8.00. The quantitative estimate of drug-likeness (QED) is 0.573. The number of ether oxygens (including phenoxy) is 3. The molecule has 0 amide bonds. The van der Waals surface area contributed by atoms with Gasteiger partial charge in [0.2, 0.25) is 0 Å². The third kappa shape index (κ3) is 5.79. The first kappa shape index (κ1) is 14.9. The first-order chi connectivity index (χ1) is 8.20. The van der Waals surface area contributed by atoms with E-state index in [2.05, 4.69) is 0 Å². The smallest absolute Gasteiger partial charge is 0.0704 e. The third-order valence-electron chi connectivity index (χ3n) is 3.13. The number of nitrogens with two attached hydrogens (primary N) is 1. The molecule has 1 aliphatic rings. The SMILES string of the molecule is COCCCOCCOC1CCC(N)(CO)C1. The summed E-state index contributed by atoms with van der Waals surface area (Å²) in [6, 6.07) is 0. The topological polar surface area (TPSA) is 73.9 Å². The summed E-state index contributed by atoms with van der Waals surface area (Å²) in [5, 5.41) is 9.12. The summed E-state index contributed by atoms with van der Waals surface area (Å²) in [6.07, 6.45) is 3.60. The maximum absolute atomic E-state index is 9.12. The van der Waals surface area contributed by atoms with Gasteiger partial charge in [0, 0.05) is 25.9 Å². The molecule has 0 saturated heterocycles. The Kier molecular flexibility index (Phi) is 6.99. The molecule has 0 bridgehead atoms. The summed E-state index contributed by atoms with van der Waals surface area (Å²) in [7, 11) is 1.68. The van der Waals surface area contributed by atoms with E-state index in [1.807, 2.05) is 0 Å². The van der Waals surface area contributed by atoms with Crippen LogP contribution < -0.4 is 5.73 Å². The van der Waals surface area contributed by atoms with Crippen LogP contribution in [0.3, 0.4) is 0 Å². The lowest BCUT2D eigenvalue weighted by Gasteiger charge is -2.20. The Morgan fingerprint density at radius 2 is 2.12 bits per heavy atom. The highest BCUT2D eigenvalue weighted by molar-refractivity contribution is 4.93. The Balaban J connectivity index is 1.94. The molecule has 0 radical (unpaired) electrons. The van der Waals surface area contributed by atoms with Crippen LogP contribution in [-0.2, 0) is 14.2 Å². The van der Waals surface area contributed by atoms with Gasteiger partial charge in [-0.1, -0.05) is 0 Å². The lowest BCUT2D eigenvalue weighted by atomic mass is 10.0. The van der Waals surface area contributed by atoms with Gasteiger partial charge in [0.15, 0.2) is 0 Å². The molecule has 102 valence electrons. The molecule has 1 rings (SSSR count). The molecule has 1 aliphatic carbocycles. The lowest BCUT2D eigenvalue weighted by molar-refractivity contribution is 0.000905. The van der Waals surface area contributed by atoms with Crippen molar-refractivity contribution in [1.29, 1.82) is 0 Å². The van der Waals surface area contributed by atoms with Gasteiger partial charge in [-0.25, -0.2) is 0 Å². The van der Waals surface area contributed by atoms with Crippen molar-refractivity contribution in [2.45, 2.75) is 37.3 Å². The molecule has 0 aromatic rings. The zero-order chi connectivity index (χ0) is 12.6. The molecule has 2 unspecified atom stereocenters. The molecule has 17 heavy (non-hydrogen) atoms. The van der Waals surface area contributed by atoms with Gasteiger partial charge in [-0.05, 0) is 25.7 Å². The van der Waals surface area contributed by atoms with Gasteiger partial charge in [0.25, 0.3) is 0 Å². The summed E-state index contributed by atoms with van der Waals surface area (Å²) >= 11 is 0. The van der Waals surface area contributed by atoms with Crippen molar-refractivity contribution >= 4 is 0 Å². The van der Waals surface area contributed by atoms with Crippen molar-refractivity contribution in [3.8, 4) is 0 Å². The van der Waals surface area contributed by atoms with Crippen molar-refractivity contribution in [3.05, 3.63) is 0 Å². The van der Waals surface area contributed by atoms with Crippen molar-refractivity contribution < 1.29 is 19.3 Å². The van der Waals surface area contributed by atoms with Crippen molar-refractivity contribution in [3.63, 3.8) is 0 Å². The number of methoxy groups -OCH3 is 1. The maximum atomic E-state index is 9.12. The molecule has 5 nitrogen and oxygen atoms in total. The monoisotopic (exact) mass is 247 g/mol. The summed E-state index contributed by atoms with van der Waals surface area (Å²) in [5.41, 5.74) is 5.53. The maximum Gasteiger partial charge on any atom is 0.0704 e. The highest BCUT2D eigenvalue weighted by atomic mass is 16.5. The molecular weight excluding hydrogens is 222 g/mol. The molecule has 1 saturated carbocycles. The van der Waals surface area contributed by atoms with E-state index in [1.165, 1.54) is 0 Å². The van der Waals surface area contributed by atoms with Gasteiger partial charge in [0.1, 0.15) is 0 Å². The Morgan fingerprint density at radius 1 is 1.29 bits per heavy atom. The van der Waals surface area contributed by atoms with Crippen LogP contribution in [0.1, 0.15) is 25.7 Å². The summed E-state index contributed by atoms with van der Waals surface area (Å²) in [5.74, 6) is 0. The predicted octanol–water partition coefficient (Wildman–Crippen LogP) is 0.298. The summed E-state index contributed by atoms with van der Waals surface area (Å²) in [6.45, 7) is 2.69. The second-order valence-corrected chi connectivity index (χ2v) is 4.71. The Bertz CT molecular complexity index is 203. The van der Waals surface area contributed by atoms with Crippen LogP contribution in [0.15, 0.2) is 0 Å². The first-order valence-corrected chi connectivity index (χ1v) is 6.28. The Morgan fingerprint density at radius 3 is 2.76 bits per heavy atom. The van der Waals surface area contributed by atoms with E-state index in [4.69, 9.17) is 25.1 Å². The average Bonchev–Trinajstić information content (AvgIpc) is 2.71. The molecule has 0 aromatic carbocycles. The molecule has 1 fully saturated rings.